The minimum Gasteiger partial charge on any atom is -0.329 e. The lowest BCUT2D eigenvalue weighted by Crippen LogP contribution is -2.27. The number of anilines is 1. The number of hydrogen-bond acceptors (Lipinski definition) is 2. The quantitative estimate of drug-likeness (QED) is 0.909. The lowest BCUT2D eigenvalue weighted by molar-refractivity contribution is -0.117. The fourth-order valence-corrected chi connectivity index (χ4v) is 2.16. The van der Waals surface area contributed by atoms with E-state index in [1.165, 1.54) is 18.2 Å². The minimum absolute atomic E-state index is 0.166. The number of carbonyl (C=O) groups is 1. The van der Waals surface area contributed by atoms with Gasteiger partial charge in [-0.3, -0.25) is 4.79 Å². The van der Waals surface area contributed by atoms with E-state index in [0.29, 0.717) is 5.69 Å². The number of carbonyl (C=O) groups excluding carboxylic acids is 1. The molecule has 5 heteroatoms. The number of nitrogens with two attached hydrogens (primary N) is 1. The number of hydrogen-bond donors (Lipinski definition) is 2. The van der Waals surface area contributed by atoms with Crippen LogP contribution in [0.15, 0.2) is 48.5 Å². The van der Waals surface area contributed by atoms with Crippen molar-refractivity contribution in [2.24, 2.45) is 5.73 Å². The zero-order chi connectivity index (χ0) is 14.5. The van der Waals surface area contributed by atoms with Crippen LogP contribution in [0.2, 0.25) is 5.02 Å². The standard InChI is InChI=1S/C15H14ClFN2O/c16-11-6-12(17)8-13(7-11)19-15(20)14(9-18)10-4-2-1-3-5-10/h1-8,14H,9,18H2,(H,19,20). The first kappa shape index (κ1) is 14.5. The van der Waals surface area contributed by atoms with E-state index in [1.54, 1.807) is 0 Å². The molecule has 0 radical (unpaired) electrons. The topological polar surface area (TPSA) is 55.1 Å². The molecule has 0 saturated carbocycles. The molecule has 20 heavy (non-hydrogen) atoms. The minimum atomic E-state index is -0.503. The number of halogens is 2. The highest BCUT2D eigenvalue weighted by Gasteiger charge is 2.19. The van der Waals surface area contributed by atoms with Crippen LogP contribution in [-0.2, 0) is 4.79 Å². The summed E-state index contributed by atoms with van der Waals surface area (Å²) in [6, 6.07) is 13.1. The van der Waals surface area contributed by atoms with Gasteiger partial charge < -0.3 is 11.1 Å². The zero-order valence-corrected chi connectivity index (χ0v) is 11.4. The first-order valence-corrected chi connectivity index (χ1v) is 6.50. The molecule has 0 aliphatic carbocycles. The second-order valence-corrected chi connectivity index (χ2v) is 4.78. The van der Waals surface area contributed by atoms with Crippen LogP contribution >= 0.6 is 11.6 Å². The first-order valence-electron chi connectivity index (χ1n) is 6.12. The third kappa shape index (κ3) is 3.56. The summed E-state index contributed by atoms with van der Waals surface area (Å²) in [5.74, 6) is -1.28. The average Bonchev–Trinajstić information content (AvgIpc) is 2.39. The van der Waals surface area contributed by atoms with Crippen molar-refractivity contribution in [1.82, 2.24) is 0 Å². The molecule has 2 aromatic rings. The van der Waals surface area contributed by atoms with Gasteiger partial charge in [-0.15, -0.1) is 0 Å². The smallest absolute Gasteiger partial charge is 0.233 e. The van der Waals surface area contributed by atoms with Gasteiger partial charge in [0.2, 0.25) is 5.91 Å². The number of benzene rings is 2. The Hall–Kier alpha value is -1.91. The molecule has 0 aliphatic rings. The van der Waals surface area contributed by atoms with E-state index in [4.69, 9.17) is 17.3 Å². The van der Waals surface area contributed by atoms with Gasteiger partial charge in [-0.1, -0.05) is 41.9 Å². The van der Waals surface area contributed by atoms with Gasteiger partial charge in [-0.25, -0.2) is 4.39 Å². The molecular weight excluding hydrogens is 279 g/mol. The van der Waals surface area contributed by atoms with Crippen molar-refractivity contribution in [3.8, 4) is 0 Å². The second kappa shape index (κ2) is 6.50. The lowest BCUT2D eigenvalue weighted by Gasteiger charge is -2.15. The monoisotopic (exact) mass is 292 g/mol. The van der Waals surface area contributed by atoms with Crippen molar-refractivity contribution in [1.29, 1.82) is 0 Å². The van der Waals surface area contributed by atoms with Crippen LogP contribution in [0.4, 0.5) is 10.1 Å². The summed E-state index contributed by atoms with van der Waals surface area (Å²) in [5, 5.41) is 2.86. The summed E-state index contributed by atoms with van der Waals surface area (Å²) < 4.78 is 13.2. The van der Waals surface area contributed by atoms with Crippen molar-refractivity contribution in [3.05, 3.63) is 64.9 Å². The molecule has 0 aromatic heterocycles. The van der Waals surface area contributed by atoms with Crippen LogP contribution in [-0.4, -0.2) is 12.5 Å². The molecule has 0 saturated heterocycles. The Labute approximate surface area is 121 Å². The summed E-state index contributed by atoms with van der Waals surface area (Å²) >= 11 is 5.75. The molecule has 1 amide bonds. The summed E-state index contributed by atoms with van der Waals surface area (Å²) in [6.45, 7) is 0.166. The van der Waals surface area contributed by atoms with Gasteiger partial charge in [-0.05, 0) is 23.8 Å². The summed E-state index contributed by atoms with van der Waals surface area (Å²) in [7, 11) is 0. The molecular formula is C15H14ClFN2O. The molecule has 0 bridgehead atoms. The van der Waals surface area contributed by atoms with Gasteiger partial charge in [0, 0.05) is 17.3 Å². The number of nitrogens with one attached hydrogen (secondary N) is 1. The van der Waals surface area contributed by atoms with Crippen molar-refractivity contribution in [2.75, 3.05) is 11.9 Å². The molecule has 1 unspecified atom stereocenters. The molecule has 0 spiro atoms. The lowest BCUT2D eigenvalue weighted by atomic mass is 9.98. The first-order chi connectivity index (χ1) is 9.60. The summed E-state index contributed by atoms with van der Waals surface area (Å²) in [4.78, 5) is 12.2. The Morgan fingerprint density at radius 2 is 1.95 bits per heavy atom. The van der Waals surface area contributed by atoms with E-state index >= 15 is 0 Å². The van der Waals surface area contributed by atoms with E-state index in [0.717, 1.165) is 5.56 Å². The van der Waals surface area contributed by atoms with E-state index in [2.05, 4.69) is 5.32 Å². The SMILES string of the molecule is NCC(C(=O)Nc1cc(F)cc(Cl)c1)c1ccccc1. The maximum atomic E-state index is 13.2. The number of amides is 1. The zero-order valence-electron chi connectivity index (χ0n) is 10.6. The van der Waals surface area contributed by atoms with E-state index in [9.17, 15) is 9.18 Å². The van der Waals surface area contributed by atoms with E-state index < -0.39 is 11.7 Å². The Morgan fingerprint density at radius 1 is 1.25 bits per heavy atom. The largest absolute Gasteiger partial charge is 0.329 e. The van der Waals surface area contributed by atoms with Crippen LogP contribution in [0.1, 0.15) is 11.5 Å². The molecule has 0 fully saturated rings. The maximum absolute atomic E-state index is 13.2. The van der Waals surface area contributed by atoms with Crippen LogP contribution in [0, 0.1) is 5.82 Å². The predicted octanol–water partition coefficient (Wildman–Crippen LogP) is 3.16. The fourth-order valence-electron chi connectivity index (χ4n) is 1.94. The highest BCUT2D eigenvalue weighted by Crippen LogP contribution is 2.21. The molecule has 0 aliphatic heterocycles. The molecule has 2 aromatic carbocycles. The van der Waals surface area contributed by atoms with Crippen LogP contribution in [0.25, 0.3) is 0 Å². The van der Waals surface area contributed by atoms with Gasteiger partial charge >= 0.3 is 0 Å². The van der Waals surface area contributed by atoms with Gasteiger partial charge in [0.05, 0.1) is 5.92 Å². The Morgan fingerprint density at radius 3 is 2.55 bits per heavy atom. The van der Waals surface area contributed by atoms with Gasteiger partial charge in [0.1, 0.15) is 5.82 Å². The van der Waals surface area contributed by atoms with Gasteiger partial charge in [-0.2, -0.15) is 0 Å². The van der Waals surface area contributed by atoms with Crippen LogP contribution in [0.5, 0.6) is 0 Å². The van der Waals surface area contributed by atoms with Gasteiger partial charge in [0.15, 0.2) is 0 Å². The predicted molar refractivity (Wildman–Crippen MR) is 78.3 cm³/mol. The molecule has 2 rings (SSSR count). The molecule has 104 valence electrons. The second-order valence-electron chi connectivity index (χ2n) is 4.35. The summed E-state index contributed by atoms with van der Waals surface area (Å²) in [5.41, 5.74) is 6.79. The Balaban J connectivity index is 2.18. The highest BCUT2D eigenvalue weighted by molar-refractivity contribution is 6.30. The highest BCUT2D eigenvalue weighted by atomic mass is 35.5. The molecule has 3 nitrogen and oxygen atoms in total. The van der Waals surface area contributed by atoms with E-state index in [-0.39, 0.29) is 17.5 Å². The van der Waals surface area contributed by atoms with Crippen molar-refractivity contribution < 1.29 is 9.18 Å². The fraction of sp³-hybridized carbons (Fsp3) is 0.133. The molecule has 3 N–H and O–H groups in total. The number of rotatable bonds is 4. The third-order valence-corrected chi connectivity index (χ3v) is 3.10. The van der Waals surface area contributed by atoms with Crippen LogP contribution in [0.3, 0.4) is 0 Å². The molecule has 0 heterocycles. The Bertz CT molecular complexity index is 584. The summed E-state index contributed by atoms with van der Waals surface area (Å²) in [6.07, 6.45) is 0. The molecule has 1 atom stereocenters. The maximum Gasteiger partial charge on any atom is 0.233 e. The average molecular weight is 293 g/mol. The van der Waals surface area contributed by atoms with Crippen molar-refractivity contribution in [3.63, 3.8) is 0 Å². The van der Waals surface area contributed by atoms with Crippen molar-refractivity contribution >= 4 is 23.2 Å². The van der Waals surface area contributed by atoms with Crippen molar-refractivity contribution in [2.45, 2.75) is 5.92 Å². The third-order valence-electron chi connectivity index (χ3n) is 2.88. The Kier molecular flexibility index (Phi) is 4.71. The van der Waals surface area contributed by atoms with E-state index in [1.807, 2.05) is 30.3 Å². The van der Waals surface area contributed by atoms with Crippen LogP contribution < -0.4 is 11.1 Å². The van der Waals surface area contributed by atoms with Gasteiger partial charge in [0.25, 0.3) is 0 Å². The normalized spacial score (nSPS) is 11.9.